The van der Waals surface area contributed by atoms with Crippen LogP contribution in [0.1, 0.15) is 21.8 Å². The number of para-hydroxylation sites is 1. The largest absolute Gasteiger partial charge is 0.480 e. The molecule has 4 rings (SSSR count). The maximum absolute atomic E-state index is 12.5. The topological polar surface area (TPSA) is 75.7 Å². The zero-order valence-electron chi connectivity index (χ0n) is 12.9. The van der Waals surface area contributed by atoms with E-state index >= 15 is 0 Å². The van der Waals surface area contributed by atoms with Crippen molar-refractivity contribution in [3.63, 3.8) is 0 Å². The van der Waals surface area contributed by atoms with Crippen LogP contribution < -0.4 is 0 Å². The second kappa shape index (κ2) is 5.56. The lowest BCUT2D eigenvalue weighted by Gasteiger charge is -2.27. The molecule has 0 saturated carbocycles. The maximum atomic E-state index is 12.5. The number of amides is 1. The van der Waals surface area contributed by atoms with Crippen molar-refractivity contribution in [2.75, 3.05) is 6.54 Å². The van der Waals surface area contributed by atoms with E-state index in [-0.39, 0.29) is 12.5 Å². The van der Waals surface area contributed by atoms with E-state index < -0.39 is 5.97 Å². The third kappa shape index (κ3) is 2.27. The van der Waals surface area contributed by atoms with E-state index in [1.807, 2.05) is 28.8 Å². The van der Waals surface area contributed by atoms with Crippen molar-refractivity contribution < 1.29 is 19.1 Å². The van der Waals surface area contributed by atoms with Crippen molar-refractivity contribution in [1.29, 1.82) is 0 Å². The molecule has 0 radical (unpaired) electrons. The van der Waals surface area contributed by atoms with Gasteiger partial charge in [-0.05, 0) is 18.2 Å². The number of furan rings is 1. The highest BCUT2D eigenvalue weighted by atomic mass is 16.4. The first-order valence-corrected chi connectivity index (χ1v) is 7.78. The molecular weight excluding hydrogens is 308 g/mol. The zero-order valence-corrected chi connectivity index (χ0v) is 12.9. The number of nitrogens with zero attached hydrogens (tertiary/aromatic N) is 2. The van der Waals surface area contributed by atoms with Gasteiger partial charge in [0.1, 0.15) is 6.54 Å². The Morgan fingerprint density at radius 1 is 1.17 bits per heavy atom. The highest BCUT2D eigenvalue weighted by molar-refractivity contribution is 5.93. The van der Waals surface area contributed by atoms with Gasteiger partial charge in [0.25, 0.3) is 5.91 Å². The van der Waals surface area contributed by atoms with Crippen LogP contribution in [0.3, 0.4) is 0 Å². The van der Waals surface area contributed by atoms with Gasteiger partial charge in [-0.2, -0.15) is 0 Å². The average molecular weight is 324 g/mol. The Hall–Kier alpha value is -3.02. The van der Waals surface area contributed by atoms with Crippen LogP contribution in [0.25, 0.3) is 10.9 Å². The standard InChI is InChI=1S/C18H16N2O4/c21-17(22)11-20-14-5-2-1-4-12(14)13-10-19(8-7-15(13)20)18(23)16-6-3-9-24-16/h1-6,9H,7-8,10-11H2,(H,21,22). The van der Waals surface area contributed by atoms with Crippen LogP contribution >= 0.6 is 0 Å². The summed E-state index contributed by atoms with van der Waals surface area (Å²) in [5.74, 6) is -0.680. The van der Waals surface area contributed by atoms with Crippen LogP contribution in [-0.4, -0.2) is 33.0 Å². The monoisotopic (exact) mass is 324 g/mol. The minimum Gasteiger partial charge on any atom is -0.480 e. The zero-order chi connectivity index (χ0) is 16.7. The van der Waals surface area contributed by atoms with Gasteiger partial charge >= 0.3 is 5.97 Å². The fourth-order valence-corrected chi connectivity index (χ4v) is 3.45. The fraction of sp³-hybridized carbons (Fsp3) is 0.222. The van der Waals surface area contributed by atoms with Crippen LogP contribution in [0.15, 0.2) is 47.1 Å². The molecule has 6 nitrogen and oxygen atoms in total. The van der Waals surface area contributed by atoms with Gasteiger partial charge in [-0.1, -0.05) is 18.2 Å². The molecule has 0 fully saturated rings. The second-order valence-electron chi connectivity index (χ2n) is 5.88. The summed E-state index contributed by atoms with van der Waals surface area (Å²) < 4.78 is 7.06. The van der Waals surface area contributed by atoms with Crippen LogP contribution in [0.5, 0.6) is 0 Å². The molecule has 3 aromatic rings. The van der Waals surface area contributed by atoms with Gasteiger partial charge < -0.3 is 19.0 Å². The van der Waals surface area contributed by atoms with E-state index in [1.165, 1.54) is 6.26 Å². The van der Waals surface area contributed by atoms with E-state index in [1.54, 1.807) is 17.0 Å². The Kier molecular flexibility index (Phi) is 3.37. The maximum Gasteiger partial charge on any atom is 0.323 e. The first-order chi connectivity index (χ1) is 11.6. The normalized spacial score (nSPS) is 13.9. The molecule has 0 saturated heterocycles. The molecule has 2 aromatic heterocycles. The Labute approximate surface area is 137 Å². The number of aromatic nitrogens is 1. The summed E-state index contributed by atoms with van der Waals surface area (Å²) in [5.41, 5.74) is 2.93. The quantitative estimate of drug-likeness (QED) is 0.803. The Morgan fingerprint density at radius 2 is 2.00 bits per heavy atom. The summed E-state index contributed by atoms with van der Waals surface area (Å²) in [6.07, 6.45) is 2.12. The van der Waals surface area contributed by atoms with Crippen molar-refractivity contribution in [2.24, 2.45) is 0 Å². The van der Waals surface area contributed by atoms with Crippen molar-refractivity contribution in [2.45, 2.75) is 19.5 Å². The number of carbonyl (C=O) groups is 2. The van der Waals surface area contributed by atoms with Gasteiger partial charge in [-0.25, -0.2) is 0 Å². The van der Waals surface area contributed by atoms with Crippen molar-refractivity contribution in [3.05, 3.63) is 59.7 Å². The highest BCUT2D eigenvalue weighted by Gasteiger charge is 2.28. The molecule has 1 amide bonds. The minimum atomic E-state index is -0.868. The van der Waals surface area contributed by atoms with Gasteiger partial charge in [0.15, 0.2) is 5.76 Å². The lowest BCUT2D eigenvalue weighted by Crippen LogP contribution is -2.36. The summed E-state index contributed by atoms with van der Waals surface area (Å²) in [6.45, 7) is 0.937. The molecule has 1 aliphatic rings. The van der Waals surface area contributed by atoms with Crippen LogP contribution in [0, 0.1) is 0 Å². The van der Waals surface area contributed by atoms with E-state index in [9.17, 15) is 14.7 Å². The summed E-state index contributed by atoms with van der Waals surface area (Å²) in [7, 11) is 0. The molecule has 0 atom stereocenters. The van der Waals surface area contributed by atoms with Crippen LogP contribution in [0.2, 0.25) is 0 Å². The number of carboxylic acids is 1. The number of carbonyl (C=O) groups excluding carboxylic acids is 1. The third-order valence-electron chi connectivity index (χ3n) is 4.47. The fourth-order valence-electron chi connectivity index (χ4n) is 3.45. The first kappa shape index (κ1) is 14.6. The van der Waals surface area contributed by atoms with Gasteiger partial charge in [-0.15, -0.1) is 0 Å². The minimum absolute atomic E-state index is 0.0675. The Morgan fingerprint density at radius 3 is 2.75 bits per heavy atom. The second-order valence-corrected chi connectivity index (χ2v) is 5.88. The third-order valence-corrected chi connectivity index (χ3v) is 4.47. The molecule has 0 unspecified atom stereocenters. The van der Waals surface area contributed by atoms with Crippen molar-refractivity contribution in [3.8, 4) is 0 Å². The molecule has 0 aliphatic carbocycles. The van der Waals surface area contributed by atoms with E-state index in [0.717, 1.165) is 22.2 Å². The molecule has 1 aliphatic heterocycles. The SMILES string of the molecule is O=C(O)Cn1c2c(c3ccccc31)CN(C(=O)c1ccco1)CC2. The Balaban J connectivity index is 1.76. The molecule has 6 heteroatoms. The molecular formula is C18H16N2O4. The van der Waals surface area contributed by atoms with Gasteiger partial charge in [0, 0.05) is 41.7 Å². The number of hydrogen-bond acceptors (Lipinski definition) is 3. The van der Waals surface area contributed by atoms with Crippen molar-refractivity contribution >= 4 is 22.8 Å². The molecule has 3 heterocycles. The first-order valence-electron chi connectivity index (χ1n) is 7.78. The number of fused-ring (bicyclic) bond motifs is 3. The smallest absolute Gasteiger partial charge is 0.323 e. The van der Waals surface area contributed by atoms with E-state index in [2.05, 4.69) is 0 Å². The van der Waals surface area contributed by atoms with Crippen LogP contribution in [-0.2, 0) is 24.3 Å². The summed E-state index contributed by atoms with van der Waals surface area (Å²) in [6, 6.07) is 11.1. The molecule has 1 aromatic carbocycles. The summed E-state index contributed by atoms with van der Waals surface area (Å²) in [4.78, 5) is 25.5. The van der Waals surface area contributed by atoms with Gasteiger partial charge in [0.05, 0.1) is 6.26 Å². The lowest BCUT2D eigenvalue weighted by atomic mass is 10.0. The van der Waals surface area contributed by atoms with Gasteiger partial charge in [-0.3, -0.25) is 9.59 Å². The number of rotatable bonds is 3. The lowest BCUT2D eigenvalue weighted by molar-refractivity contribution is -0.137. The Bertz CT molecular complexity index is 924. The molecule has 1 N–H and O–H groups in total. The van der Waals surface area contributed by atoms with E-state index in [0.29, 0.717) is 25.3 Å². The average Bonchev–Trinajstić information content (AvgIpc) is 3.22. The van der Waals surface area contributed by atoms with Crippen molar-refractivity contribution in [1.82, 2.24) is 9.47 Å². The number of carboxylic acid groups (broad SMARTS) is 1. The van der Waals surface area contributed by atoms with E-state index in [4.69, 9.17) is 4.42 Å². The number of aliphatic carboxylic acids is 1. The summed E-state index contributed by atoms with van der Waals surface area (Å²) >= 11 is 0. The molecule has 0 spiro atoms. The highest BCUT2D eigenvalue weighted by Crippen LogP contribution is 2.31. The molecule has 0 bridgehead atoms. The molecule has 24 heavy (non-hydrogen) atoms. The van der Waals surface area contributed by atoms with Crippen LogP contribution in [0.4, 0.5) is 0 Å². The summed E-state index contributed by atoms with van der Waals surface area (Å²) in [5, 5.41) is 10.2. The van der Waals surface area contributed by atoms with Gasteiger partial charge in [0.2, 0.25) is 0 Å². The number of benzene rings is 1. The predicted octanol–water partition coefficient (Wildman–Crippen LogP) is 2.52. The predicted molar refractivity (Wildman–Crippen MR) is 86.7 cm³/mol. The number of hydrogen-bond donors (Lipinski definition) is 1. The molecule has 122 valence electrons.